The van der Waals surface area contributed by atoms with Gasteiger partial charge in [-0.2, -0.15) is 0 Å². The van der Waals surface area contributed by atoms with Gasteiger partial charge in [0.2, 0.25) is 5.91 Å². The Balaban J connectivity index is 1.56. The summed E-state index contributed by atoms with van der Waals surface area (Å²) in [5.41, 5.74) is 4.33. The summed E-state index contributed by atoms with van der Waals surface area (Å²) in [6, 6.07) is 21.7. The molecule has 2 aromatic heterocycles. The monoisotopic (exact) mass is 468 g/mol. The average molecular weight is 469 g/mol. The third kappa shape index (κ3) is 4.14. The van der Waals surface area contributed by atoms with Crippen LogP contribution in [0.4, 0.5) is 5.82 Å². The predicted molar refractivity (Wildman–Crippen MR) is 137 cm³/mol. The van der Waals surface area contributed by atoms with E-state index in [-0.39, 0.29) is 5.91 Å². The van der Waals surface area contributed by atoms with Gasteiger partial charge in [-0.15, -0.1) is 0 Å². The van der Waals surface area contributed by atoms with Crippen LogP contribution in [0.15, 0.2) is 89.7 Å². The Bertz CT molecular complexity index is 1550. The highest BCUT2D eigenvalue weighted by Gasteiger charge is 2.16. The van der Waals surface area contributed by atoms with Gasteiger partial charge in [-0.1, -0.05) is 54.1 Å². The number of nitrogens with zero attached hydrogens (tertiary/aromatic N) is 1. The Morgan fingerprint density at radius 3 is 2.65 bits per heavy atom. The van der Waals surface area contributed by atoms with Crippen LogP contribution in [-0.4, -0.2) is 18.0 Å². The van der Waals surface area contributed by atoms with Crippen molar-refractivity contribution >= 4 is 50.6 Å². The number of furan rings is 1. The number of allylic oxidation sites excluding steroid dienone is 1. The van der Waals surface area contributed by atoms with Gasteiger partial charge >= 0.3 is 0 Å². The highest BCUT2D eigenvalue weighted by atomic mass is 35.5. The lowest BCUT2D eigenvalue weighted by Gasteiger charge is -2.11. The van der Waals surface area contributed by atoms with E-state index in [1.165, 1.54) is 12.3 Å². The Labute approximate surface area is 201 Å². The maximum atomic E-state index is 12.6. The maximum Gasteiger partial charge on any atom is 0.249 e. The summed E-state index contributed by atoms with van der Waals surface area (Å²) in [7, 11) is 1.60. The first kappa shape index (κ1) is 21.7. The van der Waals surface area contributed by atoms with Crippen molar-refractivity contribution < 1.29 is 13.9 Å². The van der Waals surface area contributed by atoms with Crippen LogP contribution in [0.5, 0.6) is 5.75 Å². The van der Waals surface area contributed by atoms with Crippen LogP contribution in [0.2, 0.25) is 5.02 Å². The molecular weight excluding hydrogens is 448 g/mol. The number of methoxy groups -OCH3 is 1. The second kappa shape index (κ2) is 9.04. The summed E-state index contributed by atoms with van der Waals surface area (Å²) in [6.07, 6.45) is 4.78. The van der Waals surface area contributed by atoms with E-state index in [0.29, 0.717) is 22.2 Å². The smallest absolute Gasteiger partial charge is 0.249 e. The lowest BCUT2D eigenvalue weighted by Crippen LogP contribution is -2.09. The molecule has 0 saturated heterocycles. The lowest BCUT2D eigenvalue weighted by atomic mass is 9.96. The molecule has 0 radical (unpaired) electrons. The van der Waals surface area contributed by atoms with Crippen LogP contribution in [0.25, 0.3) is 38.4 Å². The molecule has 0 bridgehead atoms. The topological polar surface area (TPSA) is 64.4 Å². The molecule has 5 rings (SSSR count). The fraction of sp³-hybridized carbons (Fsp3) is 0.0714. The summed E-state index contributed by atoms with van der Waals surface area (Å²) in [6.45, 7) is 1.87. The third-order valence-corrected chi connectivity index (χ3v) is 5.95. The molecular formula is C28H21ClN2O3. The molecule has 0 aliphatic carbocycles. The zero-order valence-electron chi connectivity index (χ0n) is 18.6. The lowest BCUT2D eigenvalue weighted by molar-refractivity contribution is -0.111. The number of anilines is 1. The Hall–Kier alpha value is -4.09. The van der Waals surface area contributed by atoms with Crippen LogP contribution in [-0.2, 0) is 4.79 Å². The molecule has 5 aromatic rings. The number of amides is 1. The van der Waals surface area contributed by atoms with Crippen LogP contribution in [0, 0.1) is 0 Å². The molecule has 2 heterocycles. The van der Waals surface area contributed by atoms with Crippen molar-refractivity contribution in [1.29, 1.82) is 0 Å². The summed E-state index contributed by atoms with van der Waals surface area (Å²) < 4.78 is 11.5. The number of rotatable bonds is 5. The molecule has 168 valence electrons. The van der Waals surface area contributed by atoms with E-state index in [4.69, 9.17) is 20.8 Å². The minimum absolute atomic E-state index is 0.295. The molecule has 0 aliphatic rings. The van der Waals surface area contributed by atoms with E-state index in [1.54, 1.807) is 25.5 Å². The van der Waals surface area contributed by atoms with Crippen LogP contribution >= 0.6 is 11.6 Å². The van der Waals surface area contributed by atoms with E-state index < -0.39 is 0 Å². The van der Waals surface area contributed by atoms with Crippen LogP contribution in [0.1, 0.15) is 12.5 Å². The number of ether oxygens (including phenoxy) is 1. The van der Waals surface area contributed by atoms with Crippen molar-refractivity contribution in [1.82, 2.24) is 4.98 Å². The molecule has 0 spiro atoms. The number of carbonyl (C=O) groups is 1. The van der Waals surface area contributed by atoms with Gasteiger partial charge in [-0.05, 0) is 47.0 Å². The van der Waals surface area contributed by atoms with Crippen molar-refractivity contribution in [3.05, 3.63) is 95.9 Å². The van der Waals surface area contributed by atoms with E-state index >= 15 is 0 Å². The molecule has 3 aromatic carbocycles. The summed E-state index contributed by atoms with van der Waals surface area (Å²) >= 11 is 5.86. The van der Waals surface area contributed by atoms with Gasteiger partial charge in [-0.3, -0.25) is 4.79 Å². The van der Waals surface area contributed by atoms with Crippen molar-refractivity contribution in [2.75, 3.05) is 12.4 Å². The van der Waals surface area contributed by atoms with Gasteiger partial charge in [0.1, 0.15) is 17.2 Å². The number of benzene rings is 3. The van der Waals surface area contributed by atoms with E-state index in [9.17, 15) is 4.79 Å². The van der Waals surface area contributed by atoms with Gasteiger partial charge in [-0.25, -0.2) is 4.98 Å². The van der Waals surface area contributed by atoms with Gasteiger partial charge in [0.15, 0.2) is 0 Å². The molecule has 6 heteroatoms. The first-order valence-electron chi connectivity index (χ1n) is 10.7. The molecule has 1 N–H and O–H groups in total. The SMILES string of the molecule is COc1cc2occ(-c3cccc4ccccc34)c2cc1/C(C)=C/C(=O)Nc1ccc(Cl)cn1. The third-order valence-electron chi connectivity index (χ3n) is 5.73. The molecule has 0 unspecified atom stereocenters. The quantitative estimate of drug-likeness (QED) is 0.274. The first-order valence-corrected chi connectivity index (χ1v) is 11.1. The number of fused-ring (bicyclic) bond motifs is 2. The second-order valence-electron chi connectivity index (χ2n) is 7.90. The normalized spacial score (nSPS) is 11.7. The van der Waals surface area contributed by atoms with Crippen molar-refractivity contribution in [2.45, 2.75) is 6.92 Å². The number of halogens is 1. The van der Waals surface area contributed by atoms with Crippen LogP contribution < -0.4 is 10.1 Å². The van der Waals surface area contributed by atoms with Gasteiger partial charge in [0.25, 0.3) is 0 Å². The summed E-state index contributed by atoms with van der Waals surface area (Å²) in [5.74, 6) is 0.752. The zero-order valence-corrected chi connectivity index (χ0v) is 19.4. The molecule has 1 amide bonds. The van der Waals surface area contributed by atoms with Crippen molar-refractivity contribution in [3.63, 3.8) is 0 Å². The van der Waals surface area contributed by atoms with E-state index in [0.717, 1.165) is 38.4 Å². The number of hydrogen-bond donors (Lipinski definition) is 1. The minimum Gasteiger partial charge on any atom is -0.496 e. The largest absolute Gasteiger partial charge is 0.496 e. The number of carbonyl (C=O) groups excluding carboxylic acids is 1. The summed E-state index contributed by atoms with van der Waals surface area (Å²) in [5, 5.41) is 6.51. The Morgan fingerprint density at radius 1 is 1.03 bits per heavy atom. The Kier molecular flexibility index (Phi) is 5.78. The second-order valence-corrected chi connectivity index (χ2v) is 8.34. The molecule has 34 heavy (non-hydrogen) atoms. The van der Waals surface area contributed by atoms with Crippen molar-refractivity contribution in [3.8, 4) is 16.9 Å². The highest BCUT2D eigenvalue weighted by molar-refractivity contribution is 6.30. The maximum absolute atomic E-state index is 12.6. The fourth-order valence-electron chi connectivity index (χ4n) is 4.09. The van der Waals surface area contributed by atoms with Gasteiger partial charge in [0.05, 0.1) is 18.4 Å². The average Bonchev–Trinajstić information content (AvgIpc) is 3.27. The standard InChI is InChI=1S/C28H21ClN2O3/c1-17(12-28(32)31-27-11-10-19(29)15-30-27)22-13-23-24(16-34-26(23)14-25(22)33-2)21-9-5-7-18-6-3-4-8-20(18)21/h3-16H,1-2H3,(H,30,31,32)/b17-12+. The molecule has 0 fully saturated rings. The number of pyridine rings is 1. The zero-order chi connectivity index (χ0) is 23.7. The molecule has 0 aliphatic heterocycles. The van der Waals surface area contributed by atoms with E-state index in [1.807, 2.05) is 37.3 Å². The molecule has 0 atom stereocenters. The molecule has 0 saturated carbocycles. The highest BCUT2D eigenvalue weighted by Crippen LogP contribution is 2.39. The predicted octanol–water partition coefficient (Wildman–Crippen LogP) is 7.35. The Morgan fingerprint density at radius 2 is 1.85 bits per heavy atom. The van der Waals surface area contributed by atoms with Gasteiger partial charge < -0.3 is 14.5 Å². The molecule has 5 nitrogen and oxygen atoms in total. The first-order chi connectivity index (χ1) is 16.5. The number of aromatic nitrogens is 1. The van der Waals surface area contributed by atoms with E-state index in [2.05, 4.69) is 34.6 Å². The van der Waals surface area contributed by atoms with Crippen molar-refractivity contribution in [2.24, 2.45) is 0 Å². The number of hydrogen-bond acceptors (Lipinski definition) is 4. The fourth-order valence-corrected chi connectivity index (χ4v) is 4.20. The minimum atomic E-state index is -0.295. The number of nitrogens with one attached hydrogen (secondary N) is 1. The van der Waals surface area contributed by atoms with Gasteiger partial charge in [0, 0.05) is 34.9 Å². The van der Waals surface area contributed by atoms with Crippen LogP contribution in [0.3, 0.4) is 0 Å². The summed E-state index contributed by atoms with van der Waals surface area (Å²) in [4.78, 5) is 16.7.